The summed E-state index contributed by atoms with van der Waals surface area (Å²) in [6, 6.07) is 7.66. The maximum absolute atomic E-state index is 11.1. The van der Waals surface area contributed by atoms with Gasteiger partial charge in [-0.25, -0.2) is 0 Å². The number of nitrogens with zero attached hydrogens (tertiary/aromatic N) is 3. The summed E-state index contributed by atoms with van der Waals surface area (Å²) < 4.78 is 11.4. The van der Waals surface area contributed by atoms with E-state index in [4.69, 9.17) is 14.4 Å². The molecule has 0 fully saturated rings. The van der Waals surface area contributed by atoms with Crippen LogP contribution in [0.3, 0.4) is 0 Å². The predicted molar refractivity (Wildman–Crippen MR) is 123 cm³/mol. The van der Waals surface area contributed by atoms with E-state index in [0.29, 0.717) is 29.8 Å². The monoisotopic (exact) mass is 454 g/mol. The highest BCUT2D eigenvalue weighted by molar-refractivity contribution is 5.76. The molecule has 0 saturated heterocycles. The number of aromatic nitrogens is 3. The lowest BCUT2D eigenvalue weighted by atomic mass is 10.0. The van der Waals surface area contributed by atoms with Crippen molar-refractivity contribution in [1.82, 2.24) is 20.4 Å². The summed E-state index contributed by atoms with van der Waals surface area (Å²) in [6.45, 7) is 7.46. The molecule has 9 heteroatoms. The van der Waals surface area contributed by atoms with Crippen LogP contribution in [0.2, 0.25) is 0 Å². The first-order chi connectivity index (χ1) is 15.8. The van der Waals surface area contributed by atoms with E-state index in [1.54, 1.807) is 6.20 Å². The van der Waals surface area contributed by atoms with E-state index in [0.717, 1.165) is 27.9 Å². The largest absolute Gasteiger partial charge is 0.490 e. The van der Waals surface area contributed by atoms with E-state index in [2.05, 4.69) is 34.3 Å². The molecule has 0 spiro atoms. The smallest absolute Gasteiger partial charge is 0.258 e. The number of hydrogen-bond acceptors (Lipinski definition) is 8. The van der Waals surface area contributed by atoms with Crippen LogP contribution in [0.25, 0.3) is 22.8 Å². The number of rotatable bonds is 10. The summed E-state index contributed by atoms with van der Waals surface area (Å²) in [5, 5.41) is 25.4. The Morgan fingerprint density at radius 3 is 2.73 bits per heavy atom. The van der Waals surface area contributed by atoms with Gasteiger partial charge in [0.1, 0.15) is 25.1 Å². The number of aliphatic hydroxyl groups excluding tert-OH is 2. The van der Waals surface area contributed by atoms with Gasteiger partial charge in [-0.1, -0.05) is 25.9 Å². The van der Waals surface area contributed by atoms with Crippen LogP contribution in [0, 0.1) is 6.92 Å². The van der Waals surface area contributed by atoms with Crippen molar-refractivity contribution in [3.05, 3.63) is 47.3 Å². The molecule has 1 aromatic carbocycles. The zero-order valence-corrected chi connectivity index (χ0v) is 19.3. The van der Waals surface area contributed by atoms with Crippen LogP contribution in [0.1, 0.15) is 43.5 Å². The SMILES string of the molecule is CCc1cc(-c2noc(-c3ccnc(C(C)C)c3)n2)cc(C)c1OCC(O)CNC(=O)CO. The van der Waals surface area contributed by atoms with Gasteiger partial charge in [-0.3, -0.25) is 9.78 Å². The highest BCUT2D eigenvalue weighted by Crippen LogP contribution is 2.31. The molecule has 9 nitrogen and oxygen atoms in total. The maximum Gasteiger partial charge on any atom is 0.258 e. The highest BCUT2D eigenvalue weighted by Gasteiger charge is 2.17. The summed E-state index contributed by atoms with van der Waals surface area (Å²) in [5.74, 6) is 1.32. The summed E-state index contributed by atoms with van der Waals surface area (Å²) in [5.41, 5.74) is 4.39. The number of aliphatic hydroxyl groups is 2. The summed E-state index contributed by atoms with van der Waals surface area (Å²) in [7, 11) is 0. The Morgan fingerprint density at radius 2 is 2.03 bits per heavy atom. The second-order valence-corrected chi connectivity index (χ2v) is 8.11. The van der Waals surface area contributed by atoms with Crippen LogP contribution in [0.5, 0.6) is 5.75 Å². The molecular formula is C24H30N4O5. The molecule has 176 valence electrons. The minimum Gasteiger partial charge on any atom is -0.490 e. The van der Waals surface area contributed by atoms with Gasteiger partial charge >= 0.3 is 0 Å². The molecule has 0 aliphatic rings. The summed E-state index contributed by atoms with van der Waals surface area (Å²) in [6.07, 6.45) is 1.54. The molecule has 2 aromatic heterocycles. The lowest BCUT2D eigenvalue weighted by Crippen LogP contribution is -2.36. The number of pyridine rings is 1. The van der Waals surface area contributed by atoms with Crippen molar-refractivity contribution >= 4 is 5.91 Å². The van der Waals surface area contributed by atoms with Crippen molar-refractivity contribution in [3.63, 3.8) is 0 Å². The Kier molecular flexibility index (Phi) is 8.13. The molecule has 33 heavy (non-hydrogen) atoms. The fourth-order valence-electron chi connectivity index (χ4n) is 3.33. The van der Waals surface area contributed by atoms with E-state index in [-0.39, 0.29) is 13.2 Å². The third kappa shape index (κ3) is 6.15. The van der Waals surface area contributed by atoms with Crippen molar-refractivity contribution in [2.75, 3.05) is 19.8 Å². The second-order valence-electron chi connectivity index (χ2n) is 8.11. The van der Waals surface area contributed by atoms with E-state index in [1.807, 2.05) is 38.1 Å². The van der Waals surface area contributed by atoms with Crippen molar-refractivity contribution in [1.29, 1.82) is 0 Å². The van der Waals surface area contributed by atoms with Gasteiger partial charge in [-0.05, 0) is 54.7 Å². The number of nitrogens with one attached hydrogen (secondary N) is 1. The third-order valence-corrected chi connectivity index (χ3v) is 5.13. The van der Waals surface area contributed by atoms with Crippen molar-refractivity contribution in [2.24, 2.45) is 0 Å². The number of carbonyl (C=O) groups excluding carboxylic acids is 1. The molecule has 0 bridgehead atoms. The highest BCUT2D eigenvalue weighted by atomic mass is 16.5. The summed E-state index contributed by atoms with van der Waals surface area (Å²) in [4.78, 5) is 20.1. The lowest BCUT2D eigenvalue weighted by molar-refractivity contribution is -0.124. The van der Waals surface area contributed by atoms with Crippen LogP contribution in [-0.2, 0) is 11.2 Å². The van der Waals surface area contributed by atoms with Crippen LogP contribution >= 0.6 is 0 Å². The second kappa shape index (κ2) is 11.0. The number of carbonyl (C=O) groups is 1. The molecule has 3 N–H and O–H groups in total. The number of ether oxygens (including phenoxy) is 1. The quantitative estimate of drug-likeness (QED) is 0.426. The van der Waals surface area contributed by atoms with Crippen molar-refractivity contribution in [2.45, 2.75) is 46.1 Å². The van der Waals surface area contributed by atoms with Gasteiger partial charge in [-0.15, -0.1) is 0 Å². The Bertz CT molecular complexity index is 1100. The first-order valence-electron chi connectivity index (χ1n) is 10.9. The number of benzene rings is 1. The van der Waals surface area contributed by atoms with Gasteiger partial charge in [0.2, 0.25) is 11.7 Å². The van der Waals surface area contributed by atoms with E-state index in [9.17, 15) is 9.90 Å². The Morgan fingerprint density at radius 1 is 1.24 bits per heavy atom. The zero-order valence-electron chi connectivity index (χ0n) is 19.3. The van der Waals surface area contributed by atoms with Gasteiger partial charge in [0.05, 0.1) is 0 Å². The minimum absolute atomic E-state index is 0.00283. The number of hydrogen-bond donors (Lipinski definition) is 3. The minimum atomic E-state index is -0.903. The molecule has 1 amide bonds. The van der Waals surface area contributed by atoms with Crippen molar-refractivity contribution in [3.8, 4) is 28.6 Å². The zero-order chi connectivity index (χ0) is 24.0. The van der Waals surface area contributed by atoms with Gasteiger partial charge in [0.15, 0.2) is 0 Å². The molecule has 3 rings (SSSR count). The van der Waals surface area contributed by atoms with Crippen LogP contribution in [-0.4, -0.2) is 57.1 Å². The molecule has 1 atom stereocenters. The molecule has 2 heterocycles. The Labute approximate surface area is 192 Å². The van der Waals surface area contributed by atoms with Gasteiger partial charge in [0.25, 0.3) is 5.89 Å². The average Bonchev–Trinajstić information content (AvgIpc) is 3.31. The van der Waals surface area contributed by atoms with E-state index in [1.165, 1.54) is 0 Å². The lowest BCUT2D eigenvalue weighted by Gasteiger charge is -2.17. The Balaban J connectivity index is 1.77. The maximum atomic E-state index is 11.1. The van der Waals surface area contributed by atoms with Crippen LogP contribution in [0.15, 0.2) is 35.0 Å². The average molecular weight is 455 g/mol. The number of amides is 1. The molecule has 0 radical (unpaired) electrons. The summed E-state index contributed by atoms with van der Waals surface area (Å²) >= 11 is 0. The predicted octanol–water partition coefficient (Wildman–Crippen LogP) is 2.64. The topological polar surface area (TPSA) is 131 Å². The van der Waals surface area contributed by atoms with Gasteiger partial charge in [0, 0.05) is 29.6 Å². The normalized spacial score (nSPS) is 12.1. The molecule has 0 saturated carbocycles. The van der Waals surface area contributed by atoms with E-state index < -0.39 is 18.6 Å². The first kappa shape index (κ1) is 24.3. The van der Waals surface area contributed by atoms with Crippen molar-refractivity contribution < 1.29 is 24.3 Å². The molecular weight excluding hydrogens is 424 g/mol. The third-order valence-electron chi connectivity index (χ3n) is 5.13. The van der Waals surface area contributed by atoms with Gasteiger partial charge in [-0.2, -0.15) is 4.98 Å². The molecule has 1 unspecified atom stereocenters. The molecule has 0 aliphatic heterocycles. The molecule has 3 aromatic rings. The standard InChI is InChI=1S/C24H30N4O5/c1-5-16-9-18(8-15(4)22(16)32-13-19(30)11-26-21(31)12-29)23-27-24(33-28-23)17-6-7-25-20(10-17)14(2)3/h6-10,14,19,29-30H,5,11-13H2,1-4H3,(H,26,31). The fourth-order valence-corrected chi connectivity index (χ4v) is 3.33. The fraction of sp³-hybridized carbons (Fsp3) is 0.417. The molecule has 0 aliphatic carbocycles. The van der Waals surface area contributed by atoms with E-state index >= 15 is 0 Å². The van der Waals surface area contributed by atoms with Gasteiger partial charge < -0.3 is 24.8 Å². The van der Waals surface area contributed by atoms with Crippen LogP contribution in [0.4, 0.5) is 0 Å². The first-order valence-corrected chi connectivity index (χ1v) is 10.9. The number of aryl methyl sites for hydroxylation is 2. The Hall–Kier alpha value is -3.30. The van der Waals surface area contributed by atoms with Crippen LogP contribution < -0.4 is 10.1 Å².